The predicted octanol–water partition coefficient (Wildman–Crippen LogP) is 2.87. The van der Waals surface area contributed by atoms with E-state index in [0.29, 0.717) is 18.0 Å². The minimum absolute atomic E-state index is 0.00255. The average Bonchev–Trinajstić information content (AvgIpc) is 2.42. The number of phenols is 1. The first-order valence-corrected chi connectivity index (χ1v) is 8.14. The molecule has 124 valence electrons. The molecule has 0 bridgehead atoms. The lowest BCUT2D eigenvalue weighted by molar-refractivity contribution is -0.128. The molecule has 7 heteroatoms. The van der Waals surface area contributed by atoms with Crippen LogP contribution in [0.2, 0.25) is 0 Å². The summed E-state index contributed by atoms with van der Waals surface area (Å²) >= 11 is 2.92. The number of halogens is 2. The van der Waals surface area contributed by atoms with E-state index in [1.807, 2.05) is 0 Å². The van der Waals surface area contributed by atoms with Crippen molar-refractivity contribution in [3.05, 3.63) is 41.4 Å². The van der Waals surface area contributed by atoms with Gasteiger partial charge in [-0.25, -0.2) is 4.39 Å². The molecule has 0 saturated heterocycles. The quantitative estimate of drug-likeness (QED) is 0.520. The van der Waals surface area contributed by atoms with Gasteiger partial charge in [-0.05, 0) is 46.8 Å². The first-order chi connectivity index (χ1) is 10.9. The highest BCUT2D eigenvalue weighted by molar-refractivity contribution is 9.18. The third-order valence-corrected chi connectivity index (χ3v) is 4.15. The van der Waals surface area contributed by atoms with Crippen LogP contribution >= 0.6 is 15.9 Å². The molecule has 2 rings (SSSR count). The van der Waals surface area contributed by atoms with Crippen LogP contribution in [0.1, 0.15) is 24.8 Å². The Bertz CT molecular complexity index is 644. The second kappa shape index (κ2) is 7.59. The molecule has 1 amide bonds. The number of nitrogens with zero attached hydrogens (tertiary/aromatic N) is 1. The number of phenolic OH excluding ortho intramolecular Hbond substituents is 1. The number of hydrogen-bond donors (Lipinski definition) is 3. The van der Waals surface area contributed by atoms with Crippen molar-refractivity contribution in [1.29, 1.82) is 5.41 Å². The molecule has 1 aliphatic carbocycles. The topological polar surface area (TPSA) is 90.4 Å². The molecule has 0 unspecified atom stereocenters. The smallest absolute Gasteiger partial charge is 0.270 e. The Balaban J connectivity index is 2.19. The number of rotatable bonds is 6. The van der Waals surface area contributed by atoms with Crippen LogP contribution in [-0.2, 0) is 11.3 Å². The lowest BCUT2D eigenvalue weighted by Gasteiger charge is -2.32. The van der Waals surface area contributed by atoms with E-state index in [0.717, 1.165) is 25.3 Å². The first kappa shape index (κ1) is 17.5. The molecular formula is C16H19BrFN3O2. The molecule has 1 aromatic rings. The van der Waals surface area contributed by atoms with Gasteiger partial charge in [0.05, 0.1) is 4.62 Å². The molecule has 4 N–H and O–H groups in total. The molecule has 0 heterocycles. The number of allylic oxidation sites excluding steroid dienone is 1. The minimum Gasteiger partial charge on any atom is -0.508 e. The molecular weight excluding hydrogens is 365 g/mol. The van der Waals surface area contributed by atoms with Gasteiger partial charge in [-0.1, -0.05) is 12.5 Å². The zero-order chi connectivity index (χ0) is 17.0. The molecule has 0 aromatic heterocycles. The van der Waals surface area contributed by atoms with E-state index in [1.54, 1.807) is 0 Å². The molecule has 23 heavy (non-hydrogen) atoms. The van der Waals surface area contributed by atoms with Crippen molar-refractivity contribution in [2.75, 3.05) is 6.54 Å². The molecule has 1 aromatic carbocycles. The number of carbonyl (C=O) groups is 1. The molecule has 0 spiro atoms. The number of carbonyl (C=O) groups excluding carboxylic acids is 1. The standard InChI is InChI=1S/C16H19BrFN3O2/c17-15(20)7-14(19)16(23)21(8-10-2-1-3-10)9-11-4-5-12(22)6-13(11)18/h4-7,10,20,22H,1-3,8-9,19H2/b14-7-,20-15?. The summed E-state index contributed by atoms with van der Waals surface area (Å²) in [5, 5.41) is 16.6. The largest absolute Gasteiger partial charge is 0.508 e. The maximum absolute atomic E-state index is 13.9. The van der Waals surface area contributed by atoms with Gasteiger partial charge in [-0.2, -0.15) is 0 Å². The number of aromatic hydroxyl groups is 1. The average molecular weight is 384 g/mol. The number of nitrogens with two attached hydrogens (primary N) is 1. The van der Waals surface area contributed by atoms with Crippen molar-refractivity contribution in [2.45, 2.75) is 25.8 Å². The Kier molecular flexibility index (Phi) is 5.76. The first-order valence-electron chi connectivity index (χ1n) is 7.34. The zero-order valence-electron chi connectivity index (χ0n) is 12.6. The predicted molar refractivity (Wildman–Crippen MR) is 89.7 cm³/mol. The summed E-state index contributed by atoms with van der Waals surface area (Å²) in [4.78, 5) is 14.0. The maximum Gasteiger partial charge on any atom is 0.270 e. The van der Waals surface area contributed by atoms with Gasteiger partial charge in [-0.3, -0.25) is 10.2 Å². The van der Waals surface area contributed by atoms with E-state index in [1.165, 1.54) is 23.1 Å². The number of amides is 1. The van der Waals surface area contributed by atoms with Crippen molar-refractivity contribution in [3.8, 4) is 5.75 Å². The van der Waals surface area contributed by atoms with Gasteiger partial charge in [0.1, 0.15) is 17.3 Å². The third-order valence-electron chi connectivity index (χ3n) is 3.92. The van der Waals surface area contributed by atoms with Gasteiger partial charge in [0.25, 0.3) is 5.91 Å². The van der Waals surface area contributed by atoms with E-state index >= 15 is 0 Å². The Morgan fingerprint density at radius 1 is 1.52 bits per heavy atom. The van der Waals surface area contributed by atoms with E-state index in [9.17, 15) is 14.3 Å². The lowest BCUT2D eigenvalue weighted by Crippen LogP contribution is -2.39. The maximum atomic E-state index is 13.9. The van der Waals surface area contributed by atoms with Crippen LogP contribution in [0.15, 0.2) is 30.0 Å². The van der Waals surface area contributed by atoms with Crippen LogP contribution in [0.25, 0.3) is 0 Å². The zero-order valence-corrected chi connectivity index (χ0v) is 14.1. The molecule has 1 fully saturated rings. The highest BCUT2D eigenvalue weighted by Gasteiger charge is 2.25. The Morgan fingerprint density at radius 3 is 2.74 bits per heavy atom. The van der Waals surface area contributed by atoms with Gasteiger partial charge in [0, 0.05) is 24.7 Å². The fourth-order valence-electron chi connectivity index (χ4n) is 2.46. The Labute approximate surface area is 142 Å². The van der Waals surface area contributed by atoms with E-state index in [4.69, 9.17) is 11.1 Å². The van der Waals surface area contributed by atoms with Crippen LogP contribution in [0, 0.1) is 17.1 Å². The van der Waals surface area contributed by atoms with Crippen molar-refractivity contribution >= 4 is 26.5 Å². The van der Waals surface area contributed by atoms with Crippen LogP contribution in [0.5, 0.6) is 5.75 Å². The van der Waals surface area contributed by atoms with Crippen molar-refractivity contribution < 1.29 is 14.3 Å². The van der Waals surface area contributed by atoms with Crippen molar-refractivity contribution in [3.63, 3.8) is 0 Å². The van der Waals surface area contributed by atoms with Gasteiger partial charge in [0.2, 0.25) is 0 Å². The van der Waals surface area contributed by atoms with Crippen LogP contribution in [-0.4, -0.2) is 27.1 Å². The van der Waals surface area contributed by atoms with Crippen molar-refractivity contribution in [2.24, 2.45) is 11.7 Å². The summed E-state index contributed by atoms with van der Waals surface area (Å²) in [5.74, 6) is -0.744. The lowest BCUT2D eigenvalue weighted by atomic mass is 9.85. The number of hydrogen-bond acceptors (Lipinski definition) is 4. The third kappa shape index (κ3) is 4.79. The molecule has 1 saturated carbocycles. The Morgan fingerprint density at radius 2 is 2.22 bits per heavy atom. The number of benzene rings is 1. The fraction of sp³-hybridized carbons (Fsp3) is 0.375. The Hall–Kier alpha value is -1.89. The molecule has 5 nitrogen and oxygen atoms in total. The van der Waals surface area contributed by atoms with Crippen molar-refractivity contribution in [1.82, 2.24) is 4.90 Å². The SMILES string of the molecule is N=C(Br)/C=C(\N)C(=O)N(Cc1ccc(O)cc1F)CC1CCC1. The van der Waals surface area contributed by atoms with Gasteiger partial charge in [-0.15, -0.1) is 0 Å². The second-order valence-corrected chi connectivity index (χ2v) is 6.56. The highest BCUT2D eigenvalue weighted by Crippen LogP contribution is 2.28. The normalized spacial score (nSPS) is 15.1. The van der Waals surface area contributed by atoms with E-state index in [-0.39, 0.29) is 22.6 Å². The van der Waals surface area contributed by atoms with Gasteiger partial charge in [0.15, 0.2) is 0 Å². The van der Waals surface area contributed by atoms with Gasteiger partial charge < -0.3 is 15.7 Å². The second-order valence-electron chi connectivity index (χ2n) is 5.71. The van der Waals surface area contributed by atoms with Crippen LogP contribution < -0.4 is 5.73 Å². The van der Waals surface area contributed by atoms with E-state index in [2.05, 4.69) is 15.9 Å². The molecule has 0 aliphatic heterocycles. The minimum atomic E-state index is -0.563. The summed E-state index contributed by atoms with van der Waals surface area (Å²) < 4.78 is 13.9. The summed E-state index contributed by atoms with van der Waals surface area (Å²) in [6.07, 6.45) is 4.44. The summed E-state index contributed by atoms with van der Waals surface area (Å²) in [6.45, 7) is 0.578. The summed E-state index contributed by atoms with van der Waals surface area (Å²) in [5.41, 5.74) is 5.99. The van der Waals surface area contributed by atoms with E-state index < -0.39 is 11.7 Å². The molecule has 1 aliphatic rings. The monoisotopic (exact) mass is 383 g/mol. The van der Waals surface area contributed by atoms with Crippen LogP contribution in [0.4, 0.5) is 4.39 Å². The summed E-state index contributed by atoms with van der Waals surface area (Å²) in [6, 6.07) is 3.87. The van der Waals surface area contributed by atoms with Gasteiger partial charge >= 0.3 is 0 Å². The number of nitrogens with one attached hydrogen (secondary N) is 1. The fourth-order valence-corrected chi connectivity index (χ4v) is 2.70. The molecule has 0 atom stereocenters. The highest BCUT2D eigenvalue weighted by atomic mass is 79.9. The summed E-state index contributed by atoms with van der Waals surface area (Å²) in [7, 11) is 0. The van der Waals surface area contributed by atoms with Crippen LogP contribution in [0.3, 0.4) is 0 Å². The molecule has 0 radical (unpaired) electrons.